The highest BCUT2D eigenvalue weighted by molar-refractivity contribution is 9.10. The van der Waals surface area contributed by atoms with Crippen LogP contribution in [0.2, 0.25) is 0 Å². The van der Waals surface area contributed by atoms with E-state index in [1.165, 1.54) is 0 Å². The summed E-state index contributed by atoms with van der Waals surface area (Å²) in [6.07, 6.45) is 0.377. The number of anilines is 1. The van der Waals surface area contributed by atoms with Crippen molar-refractivity contribution < 1.29 is 4.79 Å². The first-order chi connectivity index (χ1) is 12.1. The van der Waals surface area contributed by atoms with Gasteiger partial charge in [-0.2, -0.15) is 10.2 Å². The van der Waals surface area contributed by atoms with Crippen LogP contribution in [0, 0.1) is 0 Å². The molecule has 1 atom stereocenters. The van der Waals surface area contributed by atoms with Crippen LogP contribution in [0.1, 0.15) is 17.5 Å². The molecule has 0 radical (unpaired) electrons. The average molecular weight is 399 g/mol. The highest BCUT2D eigenvalue weighted by Crippen LogP contribution is 2.23. The van der Waals surface area contributed by atoms with E-state index in [0.29, 0.717) is 23.5 Å². The number of amides is 1. The van der Waals surface area contributed by atoms with Gasteiger partial charge in [0, 0.05) is 22.1 Å². The van der Waals surface area contributed by atoms with Crippen LogP contribution in [0.3, 0.4) is 0 Å². The van der Waals surface area contributed by atoms with E-state index in [2.05, 4.69) is 42.3 Å². The SMILES string of the molecule is Nc1ccccc1C1=NN[C@@]2(CC(c3ccc(Br)cc3)=NN2)C(=O)N1. The zero-order valence-corrected chi connectivity index (χ0v) is 14.7. The number of nitrogens with two attached hydrogens (primary N) is 1. The molecule has 0 aliphatic carbocycles. The first kappa shape index (κ1) is 15.6. The molecule has 0 bridgehead atoms. The van der Waals surface area contributed by atoms with Gasteiger partial charge in [-0.25, -0.2) is 0 Å². The minimum atomic E-state index is -1.09. The van der Waals surface area contributed by atoms with Crippen LogP contribution < -0.4 is 21.9 Å². The second kappa shape index (κ2) is 5.89. The largest absolute Gasteiger partial charge is 0.398 e. The number of halogens is 1. The van der Waals surface area contributed by atoms with E-state index in [4.69, 9.17) is 5.73 Å². The summed E-state index contributed by atoms with van der Waals surface area (Å²) in [7, 11) is 0. The maximum absolute atomic E-state index is 12.7. The van der Waals surface area contributed by atoms with Gasteiger partial charge in [0.15, 0.2) is 5.84 Å². The molecule has 0 fully saturated rings. The van der Waals surface area contributed by atoms with E-state index in [-0.39, 0.29) is 5.91 Å². The van der Waals surface area contributed by atoms with Crippen LogP contribution >= 0.6 is 15.9 Å². The lowest BCUT2D eigenvalue weighted by Gasteiger charge is -2.31. The third-order valence-electron chi connectivity index (χ3n) is 4.19. The molecule has 7 nitrogen and oxygen atoms in total. The Kier molecular flexibility index (Phi) is 3.69. The second-order valence-corrected chi connectivity index (χ2v) is 6.79. The van der Waals surface area contributed by atoms with E-state index < -0.39 is 5.66 Å². The van der Waals surface area contributed by atoms with Gasteiger partial charge in [0.2, 0.25) is 5.66 Å². The molecule has 4 rings (SSSR count). The average Bonchev–Trinajstić information content (AvgIpc) is 3.04. The molecular formula is C17H15BrN6O. The molecule has 1 amide bonds. The quantitative estimate of drug-likeness (QED) is 0.575. The fourth-order valence-electron chi connectivity index (χ4n) is 2.78. The Hall–Kier alpha value is -2.87. The number of rotatable bonds is 2. The van der Waals surface area contributed by atoms with Gasteiger partial charge in [-0.1, -0.05) is 40.2 Å². The van der Waals surface area contributed by atoms with Gasteiger partial charge in [0.05, 0.1) is 5.71 Å². The number of hydrazone groups is 2. The Morgan fingerprint density at radius 1 is 1.04 bits per heavy atom. The number of carbonyl (C=O) groups is 1. The number of hydrogen-bond acceptors (Lipinski definition) is 6. The maximum Gasteiger partial charge on any atom is 0.275 e. The summed E-state index contributed by atoms with van der Waals surface area (Å²) in [5, 5.41) is 11.4. The third kappa shape index (κ3) is 2.74. The Balaban J connectivity index is 1.57. The summed E-state index contributed by atoms with van der Waals surface area (Å²) in [6, 6.07) is 15.0. The molecule has 0 saturated heterocycles. The zero-order chi connectivity index (χ0) is 17.4. The number of nitrogens with zero attached hydrogens (tertiary/aromatic N) is 2. The predicted octanol–water partition coefficient (Wildman–Crippen LogP) is 1.51. The van der Waals surface area contributed by atoms with Gasteiger partial charge < -0.3 is 11.1 Å². The van der Waals surface area contributed by atoms with Crippen molar-refractivity contribution in [3.63, 3.8) is 0 Å². The topological polar surface area (TPSA) is 104 Å². The summed E-state index contributed by atoms with van der Waals surface area (Å²) in [5.74, 6) is 0.143. The number of carbonyl (C=O) groups excluding carboxylic acids is 1. The molecule has 25 heavy (non-hydrogen) atoms. The molecule has 2 aromatic rings. The molecule has 2 heterocycles. The van der Waals surface area contributed by atoms with Crippen LogP contribution in [-0.4, -0.2) is 23.1 Å². The van der Waals surface area contributed by atoms with Gasteiger partial charge in [-0.15, -0.1) is 0 Å². The fraction of sp³-hybridized carbons (Fsp3) is 0.118. The van der Waals surface area contributed by atoms with Gasteiger partial charge in [-0.05, 0) is 29.8 Å². The summed E-state index contributed by atoms with van der Waals surface area (Å²) >= 11 is 3.41. The van der Waals surface area contributed by atoms with Crippen molar-refractivity contribution >= 4 is 39.1 Å². The molecule has 2 aromatic carbocycles. The predicted molar refractivity (Wildman–Crippen MR) is 99.8 cm³/mol. The van der Waals surface area contributed by atoms with Crippen LogP contribution in [0.5, 0.6) is 0 Å². The number of nitrogen functional groups attached to an aromatic ring is 1. The first-order valence-electron chi connectivity index (χ1n) is 7.68. The molecule has 8 heteroatoms. The molecule has 0 saturated carbocycles. The smallest absolute Gasteiger partial charge is 0.275 e. The van der Waals surface area contributed by atoms with Crippen LogP contribution in [0.25, 0.3) is 0 Å². The Morgan fingerprint density at radius 3 is 2.48 bits per heavy atom. The van der Waals surface area contributed by atoms with Crippen LogP contribution in [0.15, 0.2) is 63.2 Å². The Labute approximate surface area is 152 Å². The molecular weight excluding hydrogens is 384 g/mol. The van der Waals surface area contributed by atoms with Crippen molar-refractivity contribution in [3.05, 3.63) is 64.1 Å². The highest BCUT2D eigenvalue weighted by Gasteiger charge is 2.46. The van der Waals surface area contributed by atoms with Gasteiger partial charge >= 0.3 is 0 Å². The Bertz CT molecular complexity index is 908. The molecule has 1 spiro atoms. The summed E-state index contributed by atoms with van der Waals surface area (Å²) in [6.45, 7) is 0. The monoisotopic (exact) mass is 398 g/mol. The number of para-hydroxylation sites is 1. The van der Waals surface area contributed by atoms with Gasteiger partial charge in [0.1, 0.15) is 0 Å². The van der Waals surface area contributed by atoms with Crippen molar-refractivity contribution in [1.82, 2.24) is 16.2 Å². The van der Waals surface area contributed by atoms with Crippen molar-refractivity contribution in [3.8, 4) is 0 Å². The van der Waals surface area contributed by atoms with Crippen LogP contribution in [-0.2, 0) is 4.79 Å². The molecule has 0 unspecified atom stereocenters. The third-order valence-corrected chi connectivity index (χ3v) is 4.71. The van der Waals surface area contributed by atoms with Crippen molar-refractivity contribution in [1.29, 1.82) is 0 Å². The number of benzene rings is 2. The van der Waals surface area contributed by atoms with E-state index in [9.17, 15) is 4.79 Å². The van der Waals surface area contributed by atoms with E-state index in [0.717, 1.165) is 15.7 Å². The molecule has 0 aromatic heterocycles. The van der Waals surface area contributed by atoms with Crippen molar-refractivity contribution in [2.75, 3.05) is 5.73 Å². The molecule has 126 valence electrons. The zero-order valence-electron chi connectivity index (χ0n) is 13.1. The van der Waals surface area contributed by atoms with E-state index in [1.54, 1.807) is 12.1 Å². The fourth-order valence-corrected chi connectivity index (χ4v) is 3.05. The standard InChI is InChI=1S/C17H15BrN6O/c18-11-7-5-10(6-8-11)14-9-17(23-21-14)16(25)20-15(22-24-17)12-3-1-2-4-13(12)19/h1-8,23-24H,9,19H2,(H,20,22,25)/t17-/m0/s1. The normalized spacial score (nSPS) is 21.9. The lowest BCUT2D eigenvalue weighted by Crippen LogP contribution is -2.65. The summed E-state index contributed by atoms with van der Waals surface area (Å²) in [4.78, 5) is 12.7. The summed E-state index contributed by atoms with van der Waals surface area (Å²) in [5.41, 5.74) is 13.6. The minimum Gasteiger partial charge on any atom is -0.398 e. The minimum absolute atomic E-state index is 0.253. The maximum atomic E-state index is 12.7. The van der Waals surface area contributed by atoms with Gasteiger partial charge in [0.25, 0.3) is 5.91 Å². The number of nitrogens with one attached hydrogen (secondary N) is 3. The molecule has 2 aliphatic rings. The molecule has 5 N–H and O–H groups in total. The van der Waals surface area contributed by atoms with Crippen LogP contribution in [0.4, 0.5) is 5.69 Å². The number of hydrogen-bond donors (Lipinski definition) is 4. The highest BCUT2D eigenvalue weighted by atomic mass is 79.9. The second-order valence-electron chi connectivity index (χ2n) is 5.87. The lowest BCUT2D eigenvalue weighted by molar-refractivity contribution is -0.127. The number of amidine groups is 1. The first-order valence-corrected chi connectivity index (χ1v) is 8.48. The van der Waals surface area contributed by atoms with Crippen molar-refractivity contribution in [2.24, 2.45) is 10.2 Å². The van der Waals surface area contributed by atoms with Gasteiger partial charge in [-0.3, -0.25) is 15.6 Å². The van der Waals surface area contributed by atoms with Crippen molar-refractivity contribution in [2.45, 2.75) is 12.1 Å². The molecule has 2 aliphatic heterocycles. The Morgan fingerprint density at radius 2 is 1.76 bits per heavy atom. The lowest BCUT2D eigenvalue weighted by atomic mass is 9.98. The summed E-state index contributed by atoms with van der Waals surface area (Å²) < 4.78 is 0.987. The van der Waals surface area contributed by atoms with E-state index >= 15 is 0 Å². The van der Waals surface area contributed by atoms with E-state index in [1.807, 2.05) is 36.4 Å².